The molecule has 3 rings (SSSR count). The molecular formula is C15H19BrN2O2. The predicted molar refractivity (Wildman–Crippen MR) is 81.4 cm³/mol. The smallest absolute Gasteiger partial charge is 0.279 e. The topological polar surface area (TPSA) is 43.8 Å². The van der Waals surface area contributed by atoms with E-state index in [1.54, 1.807) is 11.9 Å². The fourth-order valence-corrected chi connectivity index (χ4v) is 3.69. The number of amides is 1. The van der Waals surface area contributed by atoms with Gasteiger partial charge in [0.2, 0.25) is 5.72 Å². The van der Waals surface area contributed by atoms with Crippen molar-refractivity contribution in [2.24, 2.45) is 5.92 Å². The van der Waals surface area contributed by atoms with Gasteiger partial charge in [-0.3, -0.25) is 9.69 Å². The second-order valence-corrected chi connectivity index (χ2v) is 6.81. The third-order valence-electron chi connectivity index (χ3n) is 4.41. The molecule has 1 aromatic rings. The molecule has 1 fully saturated rings. The van der Waals surface area contributed by atoms with Gasteiger partial charge in [0.25, 0.3) is 5.91 Å². The lowest BCUT2D eigenvalue weighted by Crippen LogP contribution is -2.55. The molecular weight excluding hydrogens is 320 g/mol. The molecule has 108 valence electrons. The Balaban J connectivity index is 2.08. The molecule has 1 aromatic carbocycles. The Hall–Kier alpha value is -0.910. The summed E-state index contributed by atoms with van der Waals surface area (Å²) in [4.78, 5) is 16.1. The number of carbonyl (C=O) groups excluding carboxylic acids is 1. The van der Waals surface area contributed by atoms with Gasteiger partial charge < -0.3 is 10.0 Å². The monoisotopic (exact) mass is 338 g/mol. The average Bonchev–Trinajstić information content (AvgIpc) is 2.62. The van der Waals surface area contributed by atoms with Crippen LogP contribution in [0.25, 0.3) is 0 Å². The molecule has 1 amide bonds. The molecule has 0 spiro atoms. The summed E-state index contributed by atoms with van der Waals surface area (Å²) in [6.07, 6.45) is 2.17. The van der Waals surface area contributed by atoms with Crippen LogP contribution >= 0.6 is 15.9 Å². The summed E-state index contributed by atoms with van der Waals surface area (Å²) in [5.41, 5.74) is -0.0323. The van der Waals surface area contributed by atoms with E-state index in [-0.39, 0.29) is 5.91 Å². The van der Waals surface area contributed by atoms with Crippen molar-refractivity contribution in [1.82, 2.24) is 4.90 Å². The maximum Gasteiger partial charge on any atom is 0.279 e. The minimum atomic E-state index is -1.51. The van der Waals surface area contributed by atoms with Gasteiger partial charge in [-0.1, -0.05) is 22.9 Å². The van der Waals surface area contributed by atoms with E-state index in [0.29, 0.717) is 11.5 Å². The van der Waals surface area contributed by atoms with E-state index >= 15 is 0 Å². The molecule has 0 aliphatic carbocycles. The van der Waals surface area contributed by atoms with Crippen molar-refractivity contribution in [3.63, 3.8) is 0 Å². The van der Waals surface area contributed by atoms with Crippen LogP contribution in [0, 0.1) is 5.92 Å². The molecule has 2 atom stereocenters. The van der Waals surface area contributed by atoms with E-state index < -0.39 is 5.72 Å². The molecule has 0 aromatic heterocycles. The highest BCUT2D eigenvalue weighted by Crippen LogP contribution is 2.44. The summed E-state index contributed by atoms with van der Waals surface area (Å²) in [6, 6.07) is 5.63. The first kappa shape index (κ1) is 14.0. The lowest BCUT2D eigenvalue weighted by atomic mass is 9.94. The van der Waals surface area contributed by atoms with Crippen molar-refractivity contribution < 1.29 is 9.90 Å². The Morgan fingerprint density at radius 1 is 1.45 bits per heavy atom. The van der Waals surface area contributed by atoms with Crippen molar-refractivity contribution in [2.45, 2.75) is 25.5 Å². The van der Waals surface area contributed by atoms with Crippen LogP contribution in [0.4, 0.5) is 5.69 Å². The SMILES string of the molecule is CC1CCCN(C2(O)C(=O)N(C)c3ccc(Br)cc32)C1. The Morgan fingerprint density at radius 2 is 2.20 bits per heavy atom. The molecule has 1 N–H and O–H groups in total. The first-order valence-electron chi connectivity index (χ1n) is 7.00. The third kappa shape index (κ3) is 1.91. The number of piperidine rings is 1. The zero-order valence-corrected chi connectivity index (χ0v) is 13.4. The number of hydrogen-bond acceptors (Lipinski definition) is 3. The van der Waals surface area contributed by atoms with Gasteiger partial charge in [-0.25, -0.2) is 0 Å². The number of likely N-dealkylation sites (tertiary alicyclic amines) is 1. The normalized spacial score (nSPS) is 30.7. The van der Waals surface area contributed by atoms with Gasteiger partial charge in [0, 0.05) is 30.2 Å². The second-order valence-electron chi connectivity index (χ2n) is 5.89. The van der Waals surface area contributed by atoms with E-state index in [2.05, 4.69) is 22.9 Å². The minimum Gasteiger partial charge on any atom is -0.364 e. The summed E-state index contributed by atoms with van der Waals surface area (Å²) in [7, 11) is 1.72. The van der Waals surface area contributed by atoms with Crippen LogP contribution < -0.4 is 4.90 Å². The van der Waals surface area contributed by atoms with Crippen LogP contribution in [0.3, 0.4) is 0 Å². The van der Waals surface area contributed by atoms with Gasteiger partial charge in [-0.15, -0.1) is 0 Å². The van der Waals surface area contributed by atoms with Crippen molar-refractivity contribution >= 4 is 27.5 Å². The van der Waals surface area contributed by atoms with Gasteiger partial charge in [0.15, 0.2) is 0 Å². The zero-order valence-electron chi connectivity index (χ0n) is 11.8. The third-order valence-corrected chi connectivity index (χ3v) is 4.91. The molecule has 0 radical (unpaired) electrons. The zero-order chi connectivity index (χ0) is 14.5. The molecule has 2 aliphatic heterocycles. The largest absolute Gasteiger partial charge is 0.364 e. The summed E-state index contributed by atoms with van der Waals surface area (Å²) in [5, 5.41) is 11.2. The highest BCUT2D eigenvalue weighted by atomic mass is 79.9. The van der Waals surface area contributed by atoms with Gasteiger partial charge >= 0.3 is 0 Å². The van der Waals surface area contributed by atoms with Crippen molar-refractivity contribution in [2.75, 3.05) is 25.0 Å². The van der Waals surface area contributed by atoms with E-state index in [0.717, 1.165) is 36.1 Å². The number of hydrogen-bond donors (Lipinski definition) is 1. The Kier molecular flexibility index (Phi) is 3.39. The maximum atomic E-state index is 12.6. The highest BCUT2D eigenvalue weighted by molar-refractivity contribution is 9.10. The molecule has 1 saturated heterocycles. The Labute approximate surface area is 127 Å². The summed E-state index contributed by atoms with van der Waals surface area (Å²) in [5.74, 6) is 0.252. The fourth-order valence-electron chi connectivity index (χ4n) is 3.33. The molecule has 2 unspecified atom stereocenters. The fraction of sp³-hybridized carbons (Fsp3) is 0.533. The molecule has 4 nitrogen and oxygen atoms in total. The predicted octanol–water partition coefficient (Wildman–Crippen LogP) is 2.30. The van der Waals surface area contributed by atoms with Gasteiger partial charge in [-0.05, 0) is 37.0 Å². The number of rotatable bonds is 1. The summed E-state index contributed by atoms with van der Waals surface area (Å²) >= 11 is 3.43. The molecule has 0 saturated carbocycles. The quantitative estimate of drug-likeness (QED) is 0.854. The Bertz CT molecular complexity index is 563. The van der Waals surface area contributed by atoms with E-state index in [4.69, 9.17) is 0 Å². The first-order chi connectivity index (χ1) is 9.44. The summed E-state index contributed by atoms with van der Waals surface area (Å²) in [6.45, 7) is 3.68. The number of benzene rings is 1. The van der Waals surface area contributed by atoms with Crippen LogP contribution in [0.1, 0.15) is 25.3 Å². The highest BCUT2D eigenvalue weighted by Gasteiger charge is 2.53. The lowest BCUT2D eigenvalue weighted by molar-refractivity contribution is -0.165. The van der Waals surface area contributed by atoms with Gasteiger partial charge in [0.1, 0.15) is 0 Å². The second kappa shape index (κ2) is 4.83. The molecule has 2 aliphatic rings. The van der Waals surface area contributed by atoms with Gasteiger partial charge in [-0.2, -0.15) is 0 Å². The van der Waals surface area contributed by atoms with Crippen LogP contribution in [0.15, 0.2) is 22.7 Å². The molecule has 0 bridgehead atoms. The molecule has 2 heterocycles. The van der Waals surface area contributed by atoms with E-state index in [1.165, 1.54) is 0 Å². The van der Waals surface area contributed by atoms with E-state index in [1.807, 2.05) is 23.1 Å². The number of carbonyl (C=O) groups is 1. The summed E-state index contributed by atoms with van der Waals surface area (Å²) < 4.78 is 0.878. The number of anilines is 1. The molecule has 20 heavy (non-hydrogen) atoms. The van der Waals surface area contributed by atoms with Crippen molar-refractivity contribution in [3.05, 3.63) is 28.2 Å². The minimum absolute atomic E-state index is 0.250. The van der Waals surface area contributed by atoms with Gasteiger partial charge in [0.05, 0.1) is 5.69 Å². The van der Waals surface area contributed by atoms with Crippen LogP contribution in [0.2, 0.25) is 0 Å². The van der Waals surface area contributed by atoms with Crippen LogP contribution in [0.5, 0.6) is 0 Å². The first-order valence-corrected chi connectivity index (χ1v) is 7.79. The Morgan fingerprint density at radius 3 is 2.90 bits per heavy atom. The van der Waals surface area contributed by atoms with Crippen molar-refractivity contribution in [1.29, 1.82) is 0 Å². The van der Waals surface area contributed by atoms with Crippen LogP contribution in [-0.4, -0.2) is 36.1 Å². The average molecular weight is 339 g/mol. The number of fused-ring (bicyclic) bond motifs is 1. The van der Waals surface area contributed by atoms with Crippen LogP contribution in [-0.2, 0) is 10.5 Å². The number of likely N-dealkylation sites (N-methyl/N-ethyl adjacent to an activating group) is 1. The maximum absolute atomic E-state index is 12.6. The number of nitrogens with zero attached hydrogens (tertiary/aromatic N) is 2. The number of aliphatic hydroxyl groups is 1. The number of halogens is 1. The standard InChI is InChI=1S/C15H19BrN2O2/c1-10-4-3-7-18(9-10)15(20)12-8-11(16)5-6-13(12)17(2)14(15)19/h5-6,8,10,20H,3-4,7,9H2,1-2H3. The van der Waals surface area contributed by atoms with Crippen molar-refractivity contribution in [3.8, 4) is 0 Å². The lowest BCUT2D eigenvalue weighted by Gasteiger charge is -2.40. The molecule has 5 heteroatoms. The van der Waals surface area contributed by atoms with E-state index in [9.17, 15) is 9.90 Å².